The van der Waals surface area contributed by atoms with Gasteiger partial charge in [-0.3, -0.25) is 14.5 Å². The molecule has 37 heavy (non-hydrogen) atoms. The number of halogens is 1. The number of hydrogen-bond acceptors (Lipinski definition) is 11. The summed E-state index contributed by atoms with van der Waals surface area (Å²) in [5, 5.41) is 27.7. The van der Waals surface area contributed by atoms with Crippen LogP contribution in [0.1, 0.15) is 5.69 Å². The van der Waals surface area contributed by atoms with Gasteiger partial charge >= 0.3 is 5.97 Å². The Morgan fingerprint density at radius 3 is 2.81 bits per heavy atom. The number of oxime groups is 1. The van der Waals surface area contributed by atoms with Gasteiger partial charge in [-0.25, -0.2) is 19.3 Å². The lowest BCUT2D eigenvalue weighted by Crippen LogP contribution is -3.00. The van der Waals surface area contributed by atoms with E-state index >= 15 is 0 Å². The summed E-state index contributed by atoms with van der Waals surface area (Å²) >= 11 is 3.89. The van der Waals surface area contributed by atoms with Gasteiger partial charge < -0.3 is 45.3 Å². The van der Waals surface area contributed by atoms with E-state index in [0.29, 0.717) is 11.3 Å². The van der Waals surface area contributed by atoms with Crippen molar-refractivity contribution in [3.63, 3.8) is 0 Å². The van der Waals surface area contributed by atoms with Crippen molar-refractivity contribution >= 4 is 63.1 Å². The van der Waals surface area contributed by atoms with Crippen LogP contribution in [-0.4, -0.2) is 65.8 Å². The number of amides is 2. The maximum absolute atomic E-state index is 13.0. The van der Waals surface area contributed by atoms with Gasteiger partial charge in [0.2, 0.25) is 0 Å². The average molecular weight is 672 g/mol. The average Bonchev–Trinajstić information content (AvgIpc) is 3.55. The number of aromatic nitrogens is 3. The molecule has 0 bridgehead atoms. The number of thioether (sulfide) groups is 1. The molecule has 5 heterocycles. The van der Waals surface area contributed by atoms with Crippen LogP contribution in [0.4, 0.5) is 5.13 Å². The zero-order valence-electron chi connectivity index (χ0n) is 18.6. The van der Waals surface area contributed by atoms with Crippen molar-refractivity contribution in [1.29, 1.82) is 0 Å². The summed E-state index contributed by atoms with van der Waals surface area (Å²) < 4.78 is 1.85. The number of thiazole rings is 2. The van der Waals surface area contributed by atoms with Crippen LogP contribution < -0.4 is 39.6 Å². The third-order valence-electron chi connectivity index (χ3n) is 5.58. The van der Waals surface area contributed by atoms with Crippen molar-refractivity contribution in [2.75, 3.05) is 11.5 Å². The molecule has 0 radical (unpaired) electrons. The van der Waals surface area contributed by atoms with Gasteiger partial charge in [0.15, 0.2) is 29.8 Å². The first-order valence-electron chi connectivity index (χ1n) is 10.4. The van der Waals surface area contributed by atoms with Crippen LogP contribution in [0.3, 0.4) is 0 Å². The van der Waals surface area contributed by atoms with Crippen molar-refractivity contribution in [2.24, 2.45) is 5.16 Å². The van der Waals surface area contributed by atoms with Crippen molar-refractivity contribution in [1.82, 2.24) is 20.2 Å². The molecule has 0 aromatic carbocycles. The fraction of sp³-hybridized carbons (Fsp3) is 0.190. The van der Waals surface area contributed by atoms with Gasteiger partial charge in [-0.05, 0) is 6.07 Å². The number of carboxylic acids is 1. The Kier molecular flexibility index (Phi) is 8.10. The van der Waals surface area contributed by atoms with E-state index in [9.17, 15) is 24.7 Å². The van der Waals surface area contributed by atoms with E-state index in [-0.39, 0.29) is 52.8 Å². The largest absolute Gasteiger partial charge is 1.00 e. The minimum Gasteiger partial charge on any atom is -1.00 e. The topological polar surface area (TPSA) is 175 Å². The normalized spacial score (nSPS) is 19.1. The Morgan fingerprint density at radius 1 is 1.35 bits per heavy atom. The molecule has 0 spiro atoms. The second kappa shape index (κ2) is 11.1. The standard InChI is InChI=1S/C21H17N7O5S3.HI/c22-21-24-13(8-36-21)14(26-33)17(29)25-15-18(30)28-16(20(31)32)11(6-35-19(15)28)5-27-3-1-2-10(4-27)12-7-34-9-23-12;/h1-4,7-9,15,19H,5-6H2,(H4-,22,24,25,29,31,32,33);1H/t15-,19-;/m1./s1. The Balaban J connectivity index is 0.00000320. The summed E-state index contributed by atoms with van der Waals surface area (Å²) in [5.41, 5.74) is 9.18. The van der Waals surface area contributed by atoms with Gasteiger partial charge in [-0.15, -0.1) is 34.4 Å². The summed E-state index contributed by atoms with van der Waals surface area (Å²) in [5.74, 6) is -2.26. The van der Waals surface area contributed by atoms with E-state index in [0.717, 1.165) is 22.6 Å². The predicted molar refractivity (Wildman–Crippen MR) is 132 cm³/mol. The van der Waals surface area contributed by atoms with Crippen molar-refractivity contribution in [2.45, 2.75) is 18.0 Å². The molecule has 1 saturated heterocycles. The molecule has 3 aromatic rings. The molecule has 0 unspecified atom stereocenters. The number of nitrogens with zero attached hydrogens (tertiary/aromatic N) is 5. The molecule has 0 aliphatic carbocycles. The molecule has 3 aromatic heterocycles. The van der Waals surface area contributed by atoms with Crippen molar-refractivity contribution < 1.29 is 53.2 Å². The number of pyridine rings is 1. The number of anilines is 1. The highest BCUT2D eigenvalue weighted by Crippen LogP contribution is 2.40. The Morgan fingerprint density at radius 2 is 2.16 bits per heavy atom. The van der Waals surface area contributed by atoms with Gasteiger partial charge in [-0.1, -0.05) is 5.16 Å². The minimum atomic E-state index is -1.22. The quantitative estimate of drug-likeness (QED) is 0.0541. The molecule has 2 amide bonds. The number of carbonyl (C=O) groups excluding carboxylic acids is 2. The summed E-state index contributed by atoms with van der Waals surface area (Å²) in [4.78, 5) is 47.2. The van der Waals surface area contributed by atoms with Crippen LogP contribution in [0, 0.1) is 0 Å². The van der Waals surface area contributed by atoms with Gasteiger partial charge in [-0.2, -0.15) is 0 Å². The number of hydrogen-bond donors (Lipinski definition) is 4. The van der Waals surface area contributed by atoms with Gasteiger partial charge in [0.05, 0.1) is 16.8 Å². The summed E-state index contributed by atoms with van der Waals surface area (Å²) in [6.45, 7) is 0.271. The van der Waals surface area contributed by atoms with Gasteiger partial charge in [0, 0.05) is 28.2 Å². The summed E-state index contributed by atoms with van der Waals surface area (Å²) in [7, 11) is 0. The number of nitrogens with two attached hydrogens (primary N) is 1. The van der Waals surface area contributed by atoms with E-state index in [1.165, 1.54) is 33.4 Å². The first-order chi connectivity index (χ1) is 17.4. The lowest BCUT2D eigenvalue weighted by Gasteiger charge is -2.49. The lowest BCUT2D eigenvalue weighted by atomic mass is 10.0. The van der Waals surface area contributed by atoms with E-state index in [1.54, 1.807) is 5.51 Å². The SMILES string of the molecule is Nc1nc(/C(=N/O)C(=O)N[C@@H]2C(=O)N3C(C(=O)O)=C(C[n+]4cccc(-c5cscn5)c4)CS[C@H]23)cs1.[I-]. The fourth-order valence-corrected chi connectivity index (χ4v) is 6.42. The second-order valence-corrected chi connectivity index (χ2v) is 10.5. The number of carboxylic acid groups (broad SMARTS) is 1. The van der Waals surface area contributed by atoms with Crippen molar-refractivity contribution in [3.8, 4) is 11.3 Å². The molecule has 2 atom stereocenters. The first-order valence-corrected chi connectivity index (χ1v) is 13.3. The molecular formula is C21H18IN7O5S3. The molecule has 12 nitrogen and oxygen atoms in total. The fourth-order valence-electron chi connectivity index (χ4n) is 3.97. The second-order valence-electron chi connectivity index (χ2n) is 7.78. The Bertz CT molecular complexity index is 1430. The van der Waals surface area contributed by atoms with Crippen LogP contribution in [0.15, 0.2) is 57.2 Å². The third kappa shape index (κ3) is 5.18. The van der Waals surface area contributed by atoms with E-state index in [1.807, 2.05) is 34.5 Å². The van der Waals surface area contributed by atoms with E-state index in [4.69, 9.17) is 5.73 Å². The molecule has 16 heteroatoms. The number of fused-ring (bicyclic) bond motifs is 1. The molecule has 2 aliphatic rings. The zero-order valence-corrected chi connectivity index (χ0v) is 23.3. The summed E-state index contributed by atoms with van der Waals surface area (Å²) in [6, 6.07) is 2.79. The van der Waals surface area contributed by atoms with E-state index < -0.39 is 29.2 Å². The molecule has 0 saturated carbocycles. The van der Waals surface area contributed by atoms with Gasteiger partial charge in [0.25, 0.3) is 11.8 Å². The van der Waals surface area contributed by atoms with Gasteiger partial charge in [0.1, 0.15) is 22.8 Å². The van der Waals surface area contributed by atoms with E-state index in [2.05, 4.69) is 20.4 Å². The molecule has 192 valence electrons. The van der Waals surface area contributed by atoms with Crippen LogP contribution in [-0.2, 0) is 20.9 Å². The number of nitrogen functional groups attached to an aromatic ring is 1. The first kappa shape index (κ1) is 27.0. The number of carbonyl (C=O) groups is 3. The molecule has 5 rings (SSSR count). The molecule has 2 aliphatic heterocycles. The Labute approximate surface area is 238 Å². The highest BCUT2D eigenvalue weighted by Gasteiger charge is 2.54. The number of β-lactam (4-membered cyclic amide) rings is 1. The highest BCUT2D eigenvalue weighted by molar-refractivity contribution is 8.00. The third-order valence-corrected chi connectivity index (χ3v) is 8.18. The van der Waals surface area contributed by atoms with Crippen LogP contribution in [0.2, 0.25) is 0 Å². The maximum atomic E-state index is 13.0. The summed E-state index contributed by atoms with van der Waals surface area (Å²) in [6.07, 6.45) is 3.70. The Hall–Kier alpha value is -3.09. The molecule has 5 N–H and O–H groups in total. The zero-order chi connectivity index (χ0) is 25.4. The van der Waals surface area contributed by atoms with Crippen LogP contribution in [0.5, 0.6) is 0 Å². The molecule has 1 fully saturated rings. The number of rotatable bonds is 7. The number of aliphatic carboxylic acids is 1. The van der Waals surface area contributed by atoms with Crippen LogP contribution in [0.25, 0.3) is 11.3 Å². The monoisotopic (exact) mass is 671 g/mol. The number of nitrogens with one attached hydrogen (secondary N) is 1. The smallest absolute Gasteiger partial charge is 0.352 e. The van der Waals surface area contributed by atoms with Crippen LogP contribution >= 0.6 is 34.4 Å². The lowest BCUT2D eigenvalue weighted by molar-refractivity contribution is -0.688. The van der Waals surface area contributed by atoms with Crippen molar-refractivity contribution in [3.05, 3.63) is 57.8 Å². The predicted octanol–water partition coefficient (Wildman–Crippen LogP) is -2.24. The highest BCUT2D eigenvalue weighted by atomic mass is 127. The minimum absolute atomic E-state index is 0. The molecular weight excluding hydrogens is 653 g/mol. The maximum Gasteiger partial charge on any atom is 0.352 e.